The van der Waals surface area contributed by atoms with Gasteiger partial charge in [0.1, 0.15) is 0 Å². The maximum absolute atomic E-state index is 13.0. The van der Waals surface area contributed by atoms with Crippen LogP contribution in [-0.2, 0) is 21.2 Å². The van der Waals surface area contributed by atoms with Gasteiger partial charge >= 0.3 is 0 Å². The summed E-state index contributed by atoms with van der Waals surface area (Å²) >= 11 is 8.00. The van der Waals surface area contributed by atoms with Gasteiger partial charge in [0.2, 0.25) is 15.9 Å². The van der Waals surface area contributed by atoms with Crippen LogP contribution < -0.4 is 5.32 Å². The van der Waals surface area contributed by atoms with Gasteiger partial charge in [-0.3, -0.25) is 9.69 Å². The van der Waals surface area contributed by atoms with Crippen molar-refractivity contribution in [3.8, 4) is 0 Å². The number of nitrogens with zero attached hydrogens (tertiary/aromatic N) is 2. The highest BCUT2D eigenvalue weighted by atomic mass is 35.5. The molecule has 1 N–H and O–H groups in total. The van der Waals surface area contributed by atoms with Crippen LogP contribution in [0.5, 0.6) is 0 Å². The molecule has 32 heavy (non-hydrogen) atoms. The summed E-state index contributed by atoms with van der Waals surface area (Å²) in [6.45, 7) is 0.916. The topological polar surface area (TPSA) is 69.7 Å². The number of anilines is 1. The van der Waals surface area contributed by atoms with E-state index < -0.39 is 10.0 Å². The lowest BCUT2D eigenvalue weighted by atomic mass is 9.93. The summed E-state index contributed by atoms with van der Waals surface area (Å²) in [6, 6.07) is 16.6. The molecule has 1 aliphatic heterocycles. The predicted molar refractivity (Wildman–Crippen MR) is 129 cm³/mol. The number of hydrogen-bond donors (Lipinski definition) is 1. The molecule has 1 aliphatic rings. The molecule has 0 fully saturated rings. The van der Waals surface area contributed by atoms with Crippen molar-refractivity contribution in [2.45, 2.75) is 17.4 Å². The summed E-state index contributed by atoms with van der Waals surface area (Å²) in [5, 5.41) is 5.19. The molecule has 0 bridgehead atoms. The average Bonchev–Trinajstić information content (AvgIpc) is 3.24. The van der Waals surface area contributed by atoms with E-state index in [1.165, 1.54) is 42.7 Å². The Bertz CT molecular complexity index is 1230. The van der Waals surface area contributed by atoms with Crippen molar-refractivity contribution in [2.24, 2.45) is 0 Å². The van der Waals surface area contributed by atoms with Gasteiger partial charge in [-0.05, 0) is 47.2 Å². The van der Waals surface area contributed by atoms with E-state index in [1.54, 1.807) is 11.3 Å². The third kappa shape index (κ3) is 4.60. The Kier molecular flexibility index (Phi) is 6.69. The van der Waals surface area contributed by atoms with Crippen LogP contribution in [0.15, 0.2) is 64.9 Å². The van der Waals surface area contributed by atoms with Crippen LogP contribution in [0, 0.1) is 0 Å². The largest absolute Gasteiger partial charge is 0.324 e. The van der Waals surface area contributed by atoms with Gasteiger partial charge in [-0.1, -0.05) is 41.9 Å². The zero-order valence-corrected chi connectivity index (χ0v) is 20.2. The smallest absolute Gasteiger partial charge is 0.242 e. The summed E-state index contributed by atoms with van der Waals surface area (Å²) in [6.07, 6.45) is 0.890. The standard InChI is InChI=1S/C23H24ClN3O3S2/c1-26(2)32(29,30)17-8-9-19(24)20(14-17)25-22(28)15-27-12-10-21-18(11-13-31-21)23(27)16-6-4-3-5-7-16/h3-9,11,13-14,23H,10,12,15H2,1-2H3,(H,25,28)/t23-/m0/s1. The molecule has 2 aromatic carbocycles. The lowest BCUT2D eigenvalue weighted by Gasteiger charge is -2.35. The molecule has 1 atom stereocenters. The van der Waals surface area contributed by atoms with E-state index in [0.29, 0.717) is 0 Å². The van der Waals surface area contributed by atoms with Crippen LogP contribution >= 0.6 is 22.9 Å². The van der Waals surface area contributed by atoms with Crippen molar-refractivity contribution in [3.05, 3.63) is 81.0 Å². The minimum absolute atomic E-state index is 0.00660. The summed E-state index contributed by atoms with van der Waals surface area (Å²) in [5.74, 6) is -0.245. The number of amides is 1. The molecule has 0 unspecified atom stereocenters. The molecule has 0 aliphatic carbocycles. The number of rotatable bonds is 6. The highest BCUT2D eigenvalue weighted by molar-refractivity contribution is 7.89. The third-order valence-corrected chi connectivity index (χ3v) is 8.66. The van der Waals surface area contributed by atoms with Gasteiger partial charge in [0, 0.05) is 25.5 Å². The van der Waals surface area contributed by atoms with E-state index >= 15 is 0 Å². The fourth-order valence-electron chi connectivity index (χ4n) is 3.91. The van der Waals surface area contributed by atoms with Crippen LogP contribution in [0.1, 0.15) is 22.0 Å². The fourth-order valence-corrected chi connectivity index (χ4v) is 5.91. The van der Waals surface area contributed by atoms with Crippen molar-refractivity contribution < 1.29 is 13.2 Å². The van der Waals surface area contributed by atoms with Crippen LogP contribution in [-0.4, -0.2) is 50.7 Å². The van der Waals surface area contributed by atoms with Gasteiger partial charge in [0.15, 0.2) is 0 Å². The predicted octanol–water partition coefficient (Wildman–Crippen LogP) is 4.24. The first-order chi connectivity index (χ1) is 15.3. The second kappa shape index (κ2) is 9.33. The van der Waals surface area contributed by atoms with Crippen molar-refractivity contribution in [2.75, 3.05) is 32.5 Å². The lowest BCUT2D eigenvalue weighted by Crippen LogP contribution is -2.40. The maximum atomic E-state index is 13.0. The van der Waals surface area contributed by atoms with Crippen LogP contribution in [0.2, 0.25) is 5.02 Å². The number of halogens is 1. The van der Waals surface area contributed by atoms with Crippen LogP contribution in [0.4, 0.5) is 5.69 Å². The Morgan fingerprint density at radius 1 is 1.19 bits per heavy atom. The second-order valence-corrected chi connectivity index (χ2v) is 11.4. The van der Waals surface area contributed by atoms with E-state index in [9.17, 15) is 13.2 Å². The molecule has 4 rings (SSSR count). The van der Waals surface area contributed by atoms with Crippen molar-refractivity contribution in [1.82, 2.24) is 9.21 Å². The van der Waals surface area contributed by atoms with Gasteiger partial charge in [-0.2, -0.15) is 0 Å². The number of benzene rings is 2. The molecule has 1 aromatic heterocycles. The molecule has 0 radical (unpaired) electrons. The Balaban J connectivity index is 1.57. The highest BCUT2D eigenvalue weighted by Crippen LogP contribution is 2.37. The summed E-state index contributed by atoms with van der Waals surface area (Å²) in [7, 11) is -0.718. The maximum Gasteiger partial charge on any atom is 0.242 e. The zero-order chi connectivity index (χ0) is 22.9. The molecule has 3 aromatic rings. The summed E-state index contributed by atoms with van der Waals surface area (Å²) in [5.41, 5.74) is 2.65. The number of sulfonamides is 1. The van der Waals surface area contributed by atoms with Gasteiger partial charge in [-0.25, -0.2) is 12.7 Å². The monoisotopic (exact) mass is 489 g/mol. The first-order valence-corrected chi connectivity index (χ1v) is 12.8. The van der Waals surface area contributed by atoms with Gasteiger partial charge < -0.3 is 5.32 Å². The normalized spacial score (nSPS) is 16.7. The molecule has 0 saturated carbocycles. The van der Waals surface area contributed by atoms with E-state index in [-0.39, 0.29) is 34.1 Å². The van der Waals surface area contributed by atoms with Crippen molar-refractivity contribution in [1.29, 1.82) is 0 Å². The first kappa shape index (κ1) is 22.9. The molecular formula is C23H24ClN3O3S2. The molecule has 0 saturated heterocycles. The fraction of sp³-hybridized carbons (Fsp3) is 0.261. The van der Waals surface area contributed by atoms with Gasteiger partial charge in [-0.15, -0.1) is 11.3 Å². The number of nitrogens with one attached hydrogen (secondary N) is 1. The molecule has 1 amide bonds. The number of carbonyl (C=O) groups excluding carboxylic acids is 1. The number of carbonyl (C=O) groups is 1. The van der Waals surface area contributed by atoms with E-state index in [0.717, 1.165) is 22.8 Å². The van der Waals surface area contributed by atoms with Crippen LogP contribution in [0.3, 0.4) is 0 Å². The molecule has 168 valence electrons. The Morgan fingerprint density at radius 2 is 1.94 bits per heavy atom. The Morgan fingerprint density at radius 3 is 2.66 bits per heavy atom. The van der Waals surface area contributed by atoms with Gasteiger partial charge in [0.25, 0.3) is 0 Å². The molecule has 2 heterocycles. The number of fused-ring (bicyclic) bond motifs is 1. The van der Waals surface area contributed by atoms with Crippen molar-refractivity contribution in [3.63, 3.8) is 0 Å². The summed E-state index contributed by atoms with van der Waals surface area (Å²) < 4.78 is 26.0. The zero-order valence-electron chi connectivity index (χ0n) is 17.8. The number of hydrogen-bond acceptors (Lipinski definition) is 5. The lowest BCUT2D eigenvalue weighted by molar-refractivity contribution is -0.117. The molecule has 6 nitrogen and oxygen atoms in total. The van der Waals surface area contributed by atoms with Crippen molar-refractivity contribution >= 4 is 44.6 Å². The van der Waals surface area contributed by atoms with Gasteiger partial charge in [0.05, 0.1) is 28.2 Å². The highest BCUT2D eigenvalue weighted by Gasteiger charge is 2.31. The summed E-state index contributed by atoms with van der Waals surface area (Å²) in [4.78, 5) is 16.6. The third-order valence-electron chi connectivity index (χ3n) is 5.52. The van der Waals surface area contributed by atoms with E-state index in [4.69, 9.17) is 11.6 Å². The average molecular weight is 490 g/mol. The quantitative estimate of drug-likeness (QED) is 0.562. The van der Waals surface area contributed by atoms with E-state index in [1.807, 2.05) is 18.2 Å². The first-order valence-electron chi connectivity index (χ1n) is 10.1. The second-order valence-electron chi connectivity index (χ2n) is 7.81. The van der Waals surface area contributed by atoms with Crippen LogP contribution in [0.25, 0.3) is 0 Å². The minimum Gasteiger partial charge on any atom is -0.324 e. The minimum atomic E-state index is -3.64. The molecule has 0 spiro atoms. The van der Waals surface area contributed by atoms with E-state index in [2.05, 4.69) is 33.8 Å². The molecular weight excluding hydrogens is 466 g/mol. The number of thiophene rings is 1. The Hall–Kier alpha value is -2.23. The SMILES string of the molecule is CN(C)S(=O)(=O)c1ccc(Cl)c(NC(=O)CN2CCc3sccc3[C@@H]2c2ccccc2)c1. The molecule has 9 heteroatoms. The Labute approximate surface area is 197 Å².